The average molecular weight is 296 g/mol. The Labute approximate surface area is 126 Å². The number of benzene rings is 1. The highest BCUT2D eigenvalue weighted by molar-refractivity contribution is 5.69. The van der Waals surface area contributed by atoms with Gasteiger partial charge >= 0.3 is 5.97 Å². The van der Waals surface area contributed by atoms with Gasteiger partial charge in [-0.1, -0.05) is 32.3 Å². The van der Waals surface area contributed by atoms with Crippen molar-refractivity contribution in [2.24, 2.45) is 5.92 Å². The second kappa shape index (κ2) is 9.37. The van der Waals surface area contributed by atoms with E-state index in [1.54, 1.807) is 12.1 Å². The van der Waals surface area contributed by atoms with E-state index in [2.05, 4.69) is 0 Å². The van der Waals surface area contributed by atoms with E-state index in [1.807, 2.05) is 13.8 Å². The molecule has 0 radical (unpaired) electrons. The molecule has 21 heavy (non-hydrogen) atoms. The summed E-state index contributed by atoms with van der Waals surface area (Å²) in [5.74, 6) is 1.04. The van der Waals surface area contributed by atoms with E-state index >= 15 is 0 Å². The lowest BCUT2D eigenvalue weighted by Crippen LogP contribution is -2.21. The summed E-state index contributed by atoms with van der Waals surface area (Å²) in [6.07, 6.45) is 5.70. The second-order valence-corrected chi connectivity index (χ2v) is 5.35. The third-order valence-corrected chi connectivity index (χ3v) is 3.54. The number of halogens is 1. The van der Waals surface area contributed by atoms with Gasteiger partial charge in [0.05, 0.1) is 13.2 Å². The van der Waals surface area contributed by atoms with Crippen LogP contribution in [0.25, 0.3) is 0 Å². The number of rotatable bonds is 5. The van der Waals surface area contributed by atoms with Gasteiger partial charge in [0.25, 0.3) is 0 Å². The van der Waals surface area contributed by atoms with Gasteiger partial charge in [-0.15, -0.1) is 0 Å². The van der Waals surface area contributed by atoms with E-state index in [0.29, 0.717) is 12.2 Å². The molecule has 0 heterocycles. The minimum Gasteiger partial charge on any atom is -0.497 e. The normalized spacial score (nSPS) is 15.2. The Morgan fingerprint density at radius 3 is 2.57 bits per heavy atom. The summed E-state index contributed by atoms with van der Waals surface area (Å²) in [6, 6.07) is 6.01. The summed E-state index contributed by atoms with van der Waals surface area (Å²) in [4.78, 5) is 10.9. The summed E-state index contributed by atoms with van der Waals surface area (Å²) in [5, 5.41) is 0. The highest BCUT2D eigenvalue weighted by atomic mass is 19.1. The first kappa shape index (κ1) is 17.5. The molecule has 1 aliphatic carbocycles. The molecule has 1 aromatic carbocycles. The highest BCUT2D eigenvalue weighted by Crippen LogP contribution is 2.31. The van der Waals surface area contributed by atoms with Gasteiger partial charge in [0.15, 0.2) is 0 Å². The number of carbonyl (C=O) groups excluding carboxylic acids is 1. The van der Waals surface area contributed by atoms with Crippen LogP contribution < -0.4 is 4.74 Å². The molecule has 1 aromatic rings. The number of methoxy groups -OCH3 is 1. The molecule has 0 N–H and O–H groups in total. The fraction of sp³-hybridized carbons (Fsp3) is 0.588. The van der Waals surface area contributed by atoms with Gasteiger partial charge in [0.2, 0.25) is 0 Å². The third-order valence-electron chi connectivity index (χ3n) is 3.54. The summed E-state index contributed by atoms with van der Waals surface area (Å²) in [6.45, 7) is 3.82. The molecule has 1 unspecified atom stereocenters. The minimum atomic E-state index is -0.269. The van der Waals surface area contributed by atoms with Gasteiger partial charge < -0.3 is 9.47 Å². The fourth-order valence-electron chi connectivity index (χ4n) is 2.15. The molecule has 1 saturated carbocycles. The molecule has 2 rings (SSSR count). The lowest BCUT2D eigenvalue weighted by molar-refractivity contribution is -0.148. The van der Waals surface area contributed by atoms with E-state index < -0.39 is 0 Å². The first-order valence-corrected chi connectivity index (χ1v) is 7.54. The van der Waals surface area contributed by atoms with E-state index in [-0.39, 0.29) is 17.9 Å². The summed E-state index contributed by atoms with van der Waals surface area (Å²) < 4.78 is 22.2. The zero-order valence-electron chi connectivity index (χ0n) is 13.1. The Morgan fingerprint density at radius 1 is 1.43 bits per heavy atom. The standard InChI is InChI=1S/C10H18O2.C7H7FO/c1-3-10(11)12-8(2)7-9-5-4-6-9;1-9-7-4-2-3-6(8)5-7/h8-9H,3-7H2,1-2H3;2-5H,1H3. The Kier molecular flexibility index (Phi) is 7.80. The quantitative estimate of drug-likeness (QED) is 0.758. The molecule has 0 saturated heterocycles. The molecule has 1 fully saturated rings. The van der Waals surface area contributed by atoms with Crippen LogP contribution in [0.4, 0.5) is 4.39 Å². The third kappa shape index (κ3) is 7.11. The van der Waals surface area contributed by atoms with Crippen LogP contribution in [-0.4, -0.2) is 19.2 Å². The zero-order chi connectivity index (χ0) is 15.7. The number of hydrogen-bond acceptors (Lipinski definition) is 3. The van der Waals surface area contributed by atoms with Gasteiger partial charge in [0, 0.05) is 12.5 Å². The number of carbonyl (C=O) groups is 1. The van der Waals surface area contributed by atoms with E-state index in [1.165, 1.54) is 38.5 Å². The Hall–Kier alpha value is -1.58. The Bertz CT molecular complexity index is 430. The molecule has 4 heteroatoms. The van der Waals surface area contributed by atoms with Gasteiger partial charge in [-0.2, -0.15) is 0 Å². The van der Waals surface area contributed by atoms with Crippen LogP contribution in [0.1, 0.15) is 46.0 Å². The van der Waals surface area contributed by atoms with Crippen molar-refractivity contribution in [1.29, 1.82) is 0 Å². The van der Waals surface area contributed by atoms with Crippen LogP contribution in [0.5, 0.6) is 5.75 Å². The van der Waals surface area contributed by atoms with Crippen molar-refractivity contribution in [2.45, 2.75) is 52.1 Å². The van der Waals surface area contributed by atoms with Crippen molar-refractivity contribution < 1.29 is 18.7 Å². The van der Waals surface area contributed by atoms with Crippen molar-refractivity contribution in [3.63, 3.8) is 0 Å². The molecule has 0 spiro atoms. The predicted molar refractivity (Wildman–Crippen MR) is 80.8 cm³/mol. The predicted octanol–water partition coefficient (Wildman–Crippen LogP) is 4.35. The summed E-state index contributed by atoms with van der Waals surface area (Å²) in [7, 11) is 1.51. The van der Waals surface area contributed by atoms with Crippen LogP contribution in [-0.2, 0) is 9.53 Å². The SMILES string of the molecule is CCC(=O)OC(C)CC1CCC1.COc1cccc(F)c1. The molecule has 118 valence electrons. The van der Waals surface area contributed by atoms with E-state index in [9.17, 15) is 9.18 Å². The van der Waals surface area contributed by atoms with Crippen molar-refractivity contribution in [3.8, 4) is 5.75 Å². The monoisotopic (exact) mass is 296 g/mol. The maximum absolute atomic E-state index is 12.3. The molecule has 3 nitrogen and oxygen atoms in total. The van der Waals surface area contributed by atoms with E-state index in [4.69, 9.17) is 9.47 Å². The van der Waals surface area contributed by atoms with Crippen molar-refractivity contribution in [3.05, 3.63) is 30.1 Å². The fourth-order valence-corrected chi connectivity index (χ4v) is 2.15. The van der Waals surface area contributed by atoms with Gasteiger partial charge in [-0.3, -0.25) is 4.79 Å². The maximum Gasteiger partial charge on any atom is 0.305 e. The first-order chi connectivity index (χ1) is 10.0. The number of ether oxygens (including phenoxy) is 2. The lowest BCUT2D eigenvalue weighted by atomic mass is 9.82. The zero-order valence-corrected chi connectivity index (χ0v) is 13.1. The van der Waals surface area contributed by atoms with Crippen LogP contribution in [0.3, 0.4) is 0 Å². The summed E-state index contributed by atoms with van der Waals surface area (Å²) in [5.41, 5.74) is 0. The van der Waals surface area contributed by atoms with Crippen LogP contribution in [0.2, 0.25) is 0 Å². The van der Waals surface area contributed by atoms with Crippen molar-refractivity contribution in [2.75, 3.05) is 7.11 Å². The maximum atomic E-state index is 12.3. The molecule has 0 aromatic heterocycles. The summed E-state index contributed by atoms with van der Waals surface area (Å²) >= 11 is 0. The molecule has 1 atom stereocenters. The lowest BCUT2D eigenvalue weighted by Gasteiger charge is -2.27. The van der Waals surface area contributed by atoms with Crippen molar-refractivity contribution >= 4 is 5.97 Å². The van der Waals surface area contributed by atoms with E-state index in [0.717, 1.165) is 12.3 Å². The van der Waals surface area contributed by atoms with Gasteiger partial charge in [0.1, 0.15) is 11.6 Å². The number of hydrogen-bond donors (Lipinski definition) is 0. The minimum absolute atomic E-state index is 0.0678. The molecule has 0 aliphatic heterocycles. The largest absolute Gasteiger partial charge is 0.497 e. The number of esters is 1. The average Bonchev–Trinajstić information content (AvgIpc) is 2.43. The van der Waals surface area contributed by atoms with Crippen LogP contribution in [0.15, 0.2) is 24.3 Å². The first-order valence-electron chi connectivity index (χ1n) is 7.54. The molecular formula is C17H25FO3. The molecule has 1 aliphatic rings. The Balaban J connectivity index is 0.000000219. The van der Waals surface area contributed by atoms with Gasteiger partial charge in [-0.25, -0.2) is 4.39 Å². The smallest absolute Gasteiger partial charge is 0.305 e. The van der Waals surface area contributed by atoms with Crippen molar-refractivity contribution in [1.82, 2.24) is 0 Å². The van der Waals surface area contributed by atoms with Crippen LogP contribution in [0, 0.1) is 11.7 Å². The molecule has 0 amide bonds. The Morgan fingerprint density at radius 2 is 2.14 bits per heavy atom. The molecule has 0 bridgehead atoms. The highest BCUT2D eigenvalue weighted by Gasteiger charge is 2.21. The second-order valence-electron chi connectivity index (χ2n) is 5.35. The van der Waals surface area contributed by atoms with Gasteiger partial charge in [-0.05, 0) is 31.4 Å². The van der Waals surface area contributed by atoms with Crippen LogP contribution >= 0.6 is 0 Å². The molecular weight excluding hydrogens is 271 g/mol. The topological polar surface area (TPSA) is 35.5 Å².